The van der Waals surface area contributed by atoms with Crippen LogP contribution in [-0.4, -0.2) is 26.1 Å². The molecule has 3 nitrogen and oxygen atoms in total. The fourth-order valence-corrected chi connectivity index (χ4v) is 1.99. The van der Waals surface area contributed by atoms with Crippen molar-refractivity contribution < 1.29 is 14.2 Å². The maximum absolute atomic E-state index is 5.91. The monoisotopic (exact) mass is 266 g/mol. The van der Waals surface area contributed by atoms with E-state index >= 15 is 0 Å². The summed E-state index contributed by atoms with van der Waals surface area (Å²) in [5.74, 6) is 0.992. The van der Waals surface area contributed by atoms with Gasteiger partial charge in [-0.3, -0.25) is 0 Å². The molecular weight excluding hydrogens is 240 g/mol. The van der Waals surface area contributed by atoms with Crippen LogP contribution in [0.4, 0.5) is 0 Å². The van der Waals surface area contributed by atoms with E-state index in [-0.39, 0.29) is 6.29 Å². The summed E-state index contributed by atoms with van der Waals surface area (Å²) in [6, 6.07) is 4.22. The molecule has 1 rings (SSSR count). The first-order valence-electron chi connectivity index (χ1n) is 7.02. The van der Waals surface area contributed by atoms with Crippen molar-refractivity contribution in [1.29, 1.82) is 0 Å². The van der Waals surface area contributed by atoms with Crippen molar-refractivity contribution in [2.24, 2.45) is 0 Å². The van der Waals surface area contributed by atoms with Crippen LogP contribution in [-0.2, 0) is 9.47 Å². The lowest BCUT2D eigenvalue weighted by atomic mass is 10.1. The second kappa shape index (κ2) is 8.18. The number of ether oxygens (including phenoxy) is 3. The Labute approximate surface area is 116 Å². The fraction of sp³-hybridized carbons (Fsp3) is 0.625. The third-order valence-electron chi connectivity index (χ3n) is 3.18. The van der Waals surface area contributed by atoms with Crippen LogP contribution in [0.15, 0.2) is 12.1 Å². The molecule has 0 aliphatic rings. The normalized spacial score (nSPS) is 11.1. The van der Waals surface area contributed by atoms with Gasteiger partial charge in [-0.05, 0) is 51.3 Å². The molecule has 108 valence electrons. The zero-order valence-corrected chi connectivity index (χ0v) is 12.8. The highest BCUT2D eigenvalue weighted by molar-refractivity contribution is 5.44. The van der Waals surface area contributed by atoms with Crippen LogP contribution in [0.1, 0.15) is 37.0 Å². The minimum Gasteiger partial charge on any atom is -0.493 e. The Balaban J connectivity index is 2.54. The molecule has 0 radical (unpaired) electrons. The molecule has 0 spiro atoms. The van der Waals surface area contributed by atoms with Crippen LogP contribution in [0.3, 0.4) is 0 Å². The molecule has 0 atom stereocenters. The van der Waals surface area contributed by atoms with E-state index in [9.17, 15) is 0 Å². The topological polar surface area (TPSA) is 27.7 Å². The van der Waals surface area contributed by atoms with Crippen molar-refractivity contribution in [2.45, 2.75) is 47.3 Å². The molecule has 0 heterocycles. The van der Waals surface area contributed by atoms with Gasteiger partial charge in [0.15, 0.2) is 6.29 Å². The van der Waals surface area contributed by atoms with Crippen LogP contribution in [0, 0.1) is 20.8 Å². The van der Waals surface area contributed by atoms with Crippen LogP contribution < -0.4 is 4.74 Å². The quantitative estimate of drug-likeness (QED) is 0.670. The Morgan fingerprint density at radius 1 is 0.947 bits per heavy atom. The second-order valence-electron chi connectivity index (χ2n) is 4.63. The van der Waals surface area contributed by atoms with E-state index < -0.39 is 0 Å². The van der Waals surface area contributed by atoms with E-state index in [0.717, 1.165) is 12.2 Å². The summed E-state index contributed by atoms with van der Waals surface area (Å²) in [7, 11) is 0. The Kier molecular flexibility index (Phi) is 6.89. The van der Waals surface area contributed by atoms with Gasteiger partial charge in [-0.15, -0.1) is 0 Å². The van der Waals surface area contributed by atoms with Crippen molar-refractivity contribution in [2.75, 3.05) is 19.8 Å². The number of hydrogen-bond acceptors (Lipinski definition) is 3. The number of benzene rings is 1. The summed E-state index contributed by atoms with van der Waals surface area (Å²) in [6.45, 7) is 12.1. The molecule has 0 fully saturated rings. The van der Waals surface area contributed by atoms with Gasteiger partial charge >= 0.3 is 0 Å². The molecular formula is C16H26O3. The third kappa shape index (κ3) is 4.84. The van der Waals surface area contributed by atoms with E-state index in [2.05, 4.69) is 32.9 Å². The molecule has 0 bridgehead atoms. The Morgan fingerprint density at radius 3 is 2.11 bits per heavy atom. The molecule has 0 aliphatic heterocycles. The highest BCUT2D eigenvalue weighted by atomic mass is 16.7. The first kappa shape index (κ1) is 16.0. The van der Waals surface area contributed by atoms with Crippen molar-refractivity contribution >= 4 is 0 Å². The minimum atomic E-state index is -0.166. The van der Waals surface area contributed by atoms with E-state index in [0.29, 0.717) is 19.8 Å². The number of hydrogen-bond donors (Lipinski definition) is 0. The molecule has 1 aromatic rings. The van der Waals surface area contributed by atoms with Crippen LogP contribution >= 0.6 is 0 Å². The Morgan fingerprint density at radius 2 is 1.53 bits per heavy atom. The predicted octanol–water partition coefficient (Wildman–Crippen LogP) is 3.78. The SMILES string of the molecule is CCOC(CCOc1c(C)ccc(C)c1C)OCC. The minimum absolute atomic E-state index is 0.166. The van der Waals surface area contributed by atoms with Gasteiger partial charge in [-0.25, -0.2) is 0 Å². The molecule has 0 amide bonds. The summed E-state index contributed by atoms with van der Waals surface area (Å²) in [6.07, 6.45) is 0.578. The molecule has 1 aromatic carbocycles. The summed E-state index contributed by atoms with van der Waals surface area (Å²) in [5.41, 5.74) is 3.64. The average Bonchev–Trinajstić information content (AvgIpc) is 2.38. The smallest absolute Gasteiger partial charge is 0.160 e. The fourth-order valence-electron chi connectivity index (χ4n) is 1.99. The molecule has 0 saturated heterocycles. The zero-order valence-electron chi connectivity index (χ0n) is 12.8. The molecule has 0 saturated carbocycles. The lowest BCUT2D eigenvalue weighted by Crippen LogP contribution is -2.20. The van der Waals surface area contributed by atoms with Crippen molar-refractivity contribution in [1.82, 2.24) is 0 Å². The van der Waals surface area contributed by atoms with Gasteiger partial charge in [-0.1, -0.05) is 12.1 Å². The van der Waals surface area contributed by atoms with Crippen molar-refractivity contribution in [3.05, 3.63) is 28.8 Å². The highest BCUT2D eigenvalue weighted by Crippen LogP contribution is 2.25. The van der Waals surface area contributed by atoms with Gasteiger partial charge < -0.3 is 14.2 Å². The van der Waals surface area contributed by atoms with Gasteiger partial charge in [0.1, 0.15) is 5.75 Å². The first-order chi connectivity index (χ1) is 9.10. The largest absolute Gasteiger partial charge is 0.493 e. The van der Waals surface area contributed by atoms with Crippen LogP contribution in [0.5, 0.6) is 5.75 Å². The van der Waals surface area contributed by atoms with E-state index in [1.807, 2.05) is 13.8 Å². The van der Waals surface area contributed by atoms with Gasteiger partial charge in [0.05, 0.1) is 6.61 Å². The molecule has 0 aromatic heterocycles. The van der Waals surface area contributed by atoms with Gasteiger partial charge in [0.2, 0.25) is 0 Å². The molecule has 0 N–H and O–H groups in total. The summed E-state index contributed by atoms with van der Waals surface area (Å²) in [4.78, 5) is 0. The Hall–Kier alpha value is -1.06. The standard InChI is InChI=1S/C16H26O3/c1-6-17-15(18-7-2)10-11-19-16-13(4)9-8-12(3)14(16)5/h8-9,15H,6-7,10-11H2,1-5H3. The second-order valence-corrected chi connectivity index (χ2v) is 4.63. The lowest BCUT2D eigenvalue weighted by Gasteiger charge is -2.18. The zero-order chi connectivity index (χ0) is 14.3. The van der Waals surface area contributed by atoms with Crippen LogP contribution in [0.25, 0.3) is 0 Å². The number of rotatable bonds is 8. The first-order valence-corrected chi connectivity index (χ1v) is 7.02. The summed E-state index contributed by atoms with van der Waals surface area (Å²) < 4.78 is 16.9. The third-order valence-corrected chi connectivity index (χ3v) is 3.18. The van der Waals surface area contributed by atoms with Gasteiger partial charge in [-0.2, -0.15) is 0 Å². The van der Waals surface area contributed by atoms with Gasteiger partial charge in [0, 0.05) is 19.6 Å². The van der Waals surface area contributed by atoms with Gasteiger partial charge in [0.25, 0.3) is 0 Å². The highest BCUT2D eigenvalue weighted by Gasteiger charge is 2.10. The maximum atomic E-state index is 5.91. The molecule has 0 unspecified atom stereocenters. The number of aryl methyl sites for hydroxylation is 2. The maximum Gasteiger partial charge on any atom is 0.160 e. The van der Waals surface area contributed by atoms with E-state index in [4.69, 9.17) is 14.2 Å². The summed E-state index contributed by atoms with van der Waals surface area (Å²) in [5, 5.41) is 0. The molecule has 19 heavy (non-hydrogen) atoms. The van der Waals surface area contributed by atoms with Crippen molar-refractivity contribution in [3.8, 4) is 5.75 Å². The summed E-state index contributed by atoms with van der Waals surface area (Å²) >= 11 is 0. The lowest BCUT2D eigenvalue weighted by molar-refractivity contribution is -0.142. The van der Waals surface area contributed by atoms with Crippen LogP contribution in [0.2, 0.25) is 0 Å². The Bertz CT molecular complexity index is 382. The van der Waals surface area contributed by atoms with Crippen molar-refractivity contribution in [3.63, 3.8) is 0 Å². The predicted molar refractivity (Wildman–Crippen MR) is 77.8 cm³/mol. The average molecular weight is 266 g/mol. The van der Waals surface area contributed by atoms with E-state index in [1.165, 1.54) is 16.7 Å². The van der Waals surface area contributed by atoms with E-state index in [1.54, 1.807) is 0 Å². The molecule has 3 heteroatoms. The molecule has 0 aliphatic carbocycles.